The van der Waals surface area contributed by atoms with Crippen LogP contribution < -0.4 is 5.73 Å². The van der Waals surface area contributed by atoms with Gasteiger partial charge in [0.1, 0.15) is 0 Å². The molecule has 1 aliphatic rings. The van der Waals surface area contributed by atoms with E-state index in [4.69, 9.17) is 5.73 Å². The Hall–Kier alpha value is -1.97. The molecule has 4 nitrogen and oxygen atoms in total. The van der Waals surface area contributed by atoms with Gasteiger partial charge >= 0.3 is 0 Å². The standard InChI is InChI=1S/C13H14N4/c14-10-7-5-9(6-8-10)13-15-11-3-1-2-4-12(11)16-17-13/h5-8H,1-4,14H2. The highest BCUT2D eigenvalue weighted by atomic mass is 15.2. The predicted molar refractivity (Wildman–Crippen MR) is 66.3 cm³/mol. The summed E-state index contributed by atoms with van der Waals surface area (Å²) >= 11 is 0. The molecular formula is C13H14N4. The van der Waals surface area contributed by atoms with E-state index in [2.05, 4.69) is 15.2 Å². The molecule has 1 aliphatic carbocycles. The van der Waals surface area contributed by atoms with Gasteiger partial charge in [-0.3, -0.25) is 0 Å². The molecule has 0 radical (unpaired) electrons. The Bertz CT molecular complexity index is 534. The highest BCUT2D eigenvalue weighted by Gasteiger charge is 2.14. The topological polar surface area (TPSA) is 64.7 Å². The second-order valence-corrected chi connectivity index (χ2v) is 4.36. The van der Waals surface area contributed by atoms with Gasteiger partial charge in [0, 0.05) is 11.3 Å². The first kappa shape index (κ1) is 10.2. The van der Waals surface area contributed by atoms with Crippen LogP contribution in [-0.2, 0) is 12.8 Å². The van der Waals surface area contributed by atoms with Crippen LogP contribution in [0, 0.1) is 0 Å². The molecule has 1 aromatic heterocycles. The Kier molecular flexibility index (Phi) is 2.48. The Balaban J connectivity index is 2.01. The van der Waals surface area contributed by atoms with E-state index in [1.54, 1.807) is 0 Å². The fraction of sp³-hybridized carbons (Fsp3) is 0.308. The van der Waals surface area contributed by atoms with Crippen molar-refractivity contribution >= 4 is 5.69 Å². The maximum absolute atomic E-state index is 5.66. The average Bonchev–Trinajstić information content (AvgIpc) is 2.39. The summed E-state index contributed by atoms with van der Waals surface area (Å²) in [6, 6.07) is 7.58. The van der Waals surface area contributed by atoms with Crippen molar-refractivity contribution in [2.45, 2.75) is 25.7 Å². The Morgan fingerprint density at radius 2 is 1.59 bits per heavy atom. The summed E-state index contributed by atoms with van der Waals surface area (Å²) < 4.78 is 0. The van der Waals surface area contributed by atoms with Crippen molar-refractivity contribution in [2.24, 2.45) is 0 Å². The minimum Gasteiger partial charge on any atom is -0.399 e. The normalized spacial score (nSPS) is 14.4. The number of aryl methyl sites for hydroxylation is 2. The number of nitrogens with zero attached hydrogens (tertiary/aromatic N) is 3. The minimum absolute atomic E-state index is 0.700. The van der Waals surface area contributed by atoms with E-state index in [1.165, 1.54) is 12.8 Å². The summed E-state index contributed by atoms with van der Waals surface area (Å²) in [5.74, 6) is 0.700. The van der Waals surface area contributed by atoms with Crippen LogP contribution in [0.5, 0.6) is 0 Å². The van der Waals surface area contributed by atoms with Gasteiger partial charge in [-0.05, 0) is 49.9 Å². The van der Waals surface area contributed by atoms with E-state index in [9.17, 15) is 0 Å². The molecule has 0 saturated carbocycles. The number of fused-ring (bicyclic) bond motifs is 1. The van der Waals surface area contributed by atoms with Crippen molar-refractivity contribution in [3.05, 3.63) is 35.7 Å². The van der Waals surface area contributed by atoms with Gasteiger partial charge in [0.05, 0.1) is 11.4 Å². The number of nitrogens with two attached hydrogens (primary N) is 1. The lowest BCUT2D eigenvalue weighted by atomic mass is 10.0. The van der Waals surface area contributed by atoms with Crippen molar-refractivity contribution < 1.29 is 0 Å². The van der Waals surface area contributed by atoms with Gasteiger partial charge < -0.3 is 5.73 Å². The van der Waals surface area contributed by atoms with Crippen molar-refractivity contribution in [1.82, 2.24) is 15.2 Å². The van der Waals surface area contributed by atoms with Crippen LogP contribution >= 0.6 is 0 Å². The summed E-state index contributed by atoms with van der Waals surface area (Å²) in [4.78, 5) is 4.60. The second-order valence-electron chi connectivity index (χ2n) is 4.36. The molecular weight excluding hydrogens is 212 g/mol. The quantitative estimate of drug-likeness (QED) is 0.755. The van der Waals surface area contributed by atoms with Crippen LogP contribution in [0.3, 0.4) is 0 Å². The number of benzene rings is 1. The molecule has 0 aliphatic heterocycles. The maximum atomic E-state index is 5.66. The third-order valence-corrected chi connectivity index (χ3v) is 3.09. The summed E-state index contributed by atoms with van der Waals surface area (Å²) in [5.41, 5.74) is 9.56. The summed E-state index contributed by atoms with van der Waals surface area (Å²) in [5, 5.41) is 8.46. The number of hydrogen-bond acceptors (Lipinski definition) is 4. The van der Waals surface area contributed by atoms with Crippen molar-refractivity contribution in [2.75, 3.05) is 5.73 Å². The van der Waals surface area contributed by atoms with Crippen molar-refractivity contribution in [1.29, 1.82) is 0 Å². The SMILES string of the molecule is Nc1ccc(-c2nnc3c(n2)CCCC3)cc1. The van der Waals surface area contributed by atoms with Gasteiger partial charge in [-0.2, -0.15) is 5.10 Å². The molecule has 17 heavy (non-hydrogen) atoms. The molecule has 0 bridgehead atoms. The molecule has 86 valence electrons. The first-order valence-corrected chi connectivity index (χ1v) is 5.91. The molecule has 0 fully saturated rings. The lowest BCUT2D eigenvalue weighted by molar-refractivity contribution is 0.634. The third-order valence-electron chi connectivity index (χ3n) is 3.09. The first-order valence-electron chi connectivity index (χ1n) is 5.91. The average molecular weight is 226 g/mol. The summed E-state index contributed by atoms with van der Waals surface area (Å²) in [6.07, 6.45) is 4.43. The zero-order valence-corrected chi connectivity index (χ0v) is 9.56. The largest absolute Gasteiger partial charge is 0.399 e. The lowest BCUT2D eigenvalue weighted by Crippen LogP contribution is -2.10. The molecule has 1 aromatic carbocycles. The van der Waals surface area contributed by atoms with E-state index < -0.39 is 0 Å². The molecule has 2 N–H and O–H groups in total. The second kappa shape index (κ2) is 4.13. The number of nitrogen functional groups attached to an aromatic ring is 1. The maximum Gasteiger partial charge on any atom is 0.182 e. The van der Waals surface area contributed by atoms with E-state index in [0.717, 1.165) is 35.5 Å². The predicted octanol–water partition coefficient (Wildman–Crippen LogP) is 2.00. The number of aromatic nitrogens is 3. The molecule has 0 spiro atoms. The Labute approximate surface area is 99.9 Å². The van der Waals surface area contributed by atoms with Gasteiger partial charge in [0.15, 0.2) is 5.82 Å². The van der Waals surface area contributed by atoms with E-state index >= 15 is 0 Å². The monoisotopic (exact) mass is 226 g/mol. The summed E-state index contributed by atoms with van der Waals surface area (Å²) in [7, 11) is 0. The molecule has 1 heterocycles. The van der Waals surface area contributed by atoms with E-state index in [1.807, 2.05) is 24.3 Å². The smallest absolute Gasteiger partial charge is 0.182 e. The van der Waals surface area contributed by atoms with Gasteiger partial charge in [0.25, 0.3) is 0 Å². The first-order chi connectivity index (χ1) is 8.33. The van der Waals surface area contributed by atoms with Crippen LogP contribution in [0.15, 0.2) is 24.3 Å². The van der Waals surface area contributed by atoms with Crippen LogP contribution in [-0.4, -0.2) is 15.2 Å². The lowest BCUT2D eigenvalue weighted by Gasteiger charge is -2.13. The van der Waals surface area contributed by atoms with E-state index in [-0.39, 0.29) is 0 Å². The van der Waals surface area contributed by atoms with Crippen LogP contribution in [0.4, 0.5) is 5.69 Å². The van der Waals surface area contributed by atoms with Crippen molar-refractivity contribution in [3.8, 4) is 11.4 Å². The van der Waals surface area contributed by atoms with Crippen LogP contribution in [0.25, 0.3) is 11.4 Å². The fourth-order valence-corrected chi connectivity index (χ4v) is 2.11. The van der Waals surface area contributed by atoms with Gasteiger partial charge in [-0.15, -0.1) is 5.10 Å². The fourth-order valence-electron chi connectivity index (χ4n) is 2.11. The van der Waals surface area contributed by atoms with Crippen LogP contribution in [0.1, 0.15) is 24.2 Å². The van der Waals surface area contributed by atoms with Gasteiger partial charge in [0.2, 0.25) is 0 Å². The van der Waals surface area contributed by atoms with Crippen molar-refractivity contribution in [3.63, 3.8) is 0 Å². The summed E-state index contributed by atoms with van der Waals surface area (Å²) in [6.45, 7) is 0. The van der Waals surface area contributed by atoms with Gasteiger partial charge in [-0.1, -0.05) is 0 Å². The molecule has 4 heteroatoms. The third kappa shape index (κ3) is 1.98. The molecule has 0 saturated heterocycles. The highest BCUT2D eigenvalue weighted by Crippen LogP contribution is 2.21. The molecule has 0 amide bonds. The number of hydrogen-bond donors (Lipinski definition) is 1. The van der Waals surface area contributed by atoms with Gasteiger partial charge in [-0.25, -0.2) is 4.98 Å². The molecule has 0 atom stereocenters. The van der Waals surface area contributed by atoms with Crippen LogP contribution in [0.2, 0.25) is 0 Å². The molecule has 0 unspecified atom stereocenters. The highest BCUT2D eigenvalue weighted by molar-refractivity contribution is 5.58. The number of anilines is 1. The Morgan fingerprint density at radius 1 is 0.882 bits per heavy atom. The molecule has 3 rings (SSSR count). The zero-order chi connectivity index (χ0) is 11.7. The zero-order valence-electron chi connectivity index (χ0n) is 9.56. The van der Waals surface area contributed by atoms with E-state index in [0.29, 0.717) is 5.82 Å². The minimum atomic E-state index is 0.700. The number of rotatable bonds is 1. The molecule has 2 aromatic rings. The Morgan fingerprint density at radius 3 is 2.35 bits per heavy atom.